The highest BCUT2D eigenvalue weighted by Crippen LogP contribution is 2.34. The highest BCUT2D eigenvalue weighted by molar-refractivity contribution is 6.43. The fourth-order valence-electron chi connectivity index (χ4n) is 4.43. The summed E-state index contributed by atoms with van der Waals surface area (Å²) >= 11 is 12.5. The van der Waals surface area contributed by atoms with Gasteiger partial charge in [0.25, 0.3) is 0 Å². The predicted molar refractivity (Wildman–Crippen MR) is 140 cm³/mol. The van der Waals surface area contributed by atoms with Crippen molar-refractivity contribution < 1.29 is 0 Å². The zero-order valence-electron chi connectivity index (χ0n) is 18.7. The molecule has 0 saturated heterocycles. The van der Waals surface area contributed by atoms with Crippen molar-refractivity contribution in [1.29, 1.82) is 0 Å². The third kappa shape index (κ3) is 3.99. The molecule has 5 rings (SSSR count). The van der Waals surface area contributed by atoms with E-state index in [1.54, 1.807) is 6.07 Å². The van der Waals surface area contributed by atoms with Crippen LogP contribution in [0.1, 0.15) is 16.7 Å². The zero-order valence-corrected chi connectivity index (χ0v) is 20.2. The van der Waals surface area contributed by atoms with E-state index in [9.17, 15) is 0 Å². The van der Waals surface area contributed by atoms with E-state index in [0.717, 1.165) is 33.8 Å². The molecule has 5 heteroatoms. The third-order valence-electron chi connectivity index (χ3n) is 5.79. The van der Waals surface area contributed by atoms with Gasteiger partial charge in [-0.1, -0.05) is 59.1 Å². The molecule has 1 heterocycles. The molecule has 0 fully saturated rings. The van der Waals surface area contributed by atoms with Crippen LogP contribution in [0.15, 0.2) is 78.9 Å². The topological polar surface area (TPSA) is 29.9 Å². The minimum absolute atomic E-state index is 0.510. The standard InChI is InChI=1S/C28H23Cl2N3/c1-17-15-18(2)27(19(3)16-17)33-25-10-5-4-8-23(25)32-28(33)20-11-13-21(14-12-20)31-24-9-6-7-22(29)26(24)30/h4-16,31H,1-3H3. The number of hydrogen-bond acceptors (Lipinski definition) is 2. The minimum Gasteiger partial charge on any atom is -0.354 e. The average Bonchev–Trinajstić information content (AvgIpc) is 3.16. The number of benzene rings is 4. The van der Waals surface area contributed by atoms with Crippen molar-refractivity contribution in [2.45, 2.75) is 20.8 Å². The molecule has 0 spiro atoms. The van der Waals surface area contributed by atoms with Crippen molar-refractivity contribution in [3.63, 3.8) is 0 Å². The van der Waals surface area contributed by atoms with E-state index in [4.69, 9.17) is 28.2 Å². The minimum atomic E-state index is 0.510. The van der Waals surface area contributed by atoms with Crippen LogP contribution >= 0.6 is 23.2 Å². The summed E-state index contributed by atoms with van der Waals surface area (Å²) in [5.74, 6) is 0.915. The van der Waals surface area contributed by atoms with E-state index >= 15 is 0 Å². The Kier molecular flexibility index (Phi) is 5.61. The van der Waals surface area contributed by atoms with Crippen molar-refractivity contribution in [3.8, 4) is 17.1 Å². The van der Waals surface area contributed by atoms with Gasteiger partial charge in [-0.2, -0.15) is 0 Å². The number of fused-ring (bicyclic) bond motifs is 1. The van der Waals surface area contributed by atoms with E-state index in [0.29, 0.717) is 10.0 Å². The van der Waals surface area contributed by atoms with Gasteiger partial charge in [0.05, 0.1) is 32.5 Å². The summed E-state index contributed by atoms with van der Waals surface area (Å²) < 4.78 is 2.27. The maximum absolute atomic E-state index is 6.34. The van der Waals surface area contributed by atoms with Gasteiger partial charge in [-0.3, -0.25) is 4.57 Å². The molecular formula is C28H23Cl2N3. The fourth-order valence-corrected chi connectivity index (χ4v) is 4.78. The molecule has 0 aliphatic heterocycles. The van der Waals surface area contributed by atoms with Gasteiger partial charge in [0, 0.05) is 11.3 Å². The van der Waals surface area contributed by atoms with Crippen LogP contribution in [0.25, 0.3) is 28.1 Å². The summed E-state index contributed by atoms with van der Waals surface area (Å²) in [5.41, 5.74) is 9.69. The molecule has 0 radical (unpaired) electrons. The molecule has 1 aromatic heterocycles. The molecule has 0 aliphatic rings. The Hall–Kier alpha value is -3.27. The number of para-hydroxylation sites is 2. The first-order chi connectivity index (χ1) is 15.9. The van der Waals surface area contributed by atoms with Crippen molar-refractivity contribution in [1.82, 2.24) is 9.55 Å². The van der Waals surface area contributed by atoms with Crippen molar-refractivity contribution >= 4 is 45.6 Å². The van der Waals surface area contributed by atoms with Gasteiger partial charge in [-0.25, -0.2) is 4.98 Å². The Labute approximate surface area is 203 Å². The number of aromatic nitrogens is 2. The maximum atomic E-state index is 6.34. The van der Waals surface area contributed by atoms with Crippen LogP contribution in [0, 0.1) is 20.8 Å². The SMILES string of the molecule is Cc1cc(C)c(-n2c(-c3ccc(Nc4cccc(Cl)c4Cl)cc3)nc3ccccc32)c(C)c1. The van der Waals surface area contributed by atoms with Gasteiger partial charge in [-0.05, 0) is 80.4 Å². The van der Waals surface area contributed by atoms with Crippen molar-refractivity contribution in [2.75, 3.05) is 5.32 Å². The van der Waals surface area contributed by atoms with E-state index in [-0.39, 0.29) is 0 Å². The van der Waals surface area contributed by atoms with Gasteiger partial charge in [0.1, 0.15) is 5.82 Å². The second-order valence-electron chi connectivity index (χ2n) is 8.31. The quantitative estimate of drug-likeness (QED) is 0.284. The summed E-state index contributed by atoms with van der Waals surface area (Å²) in [6.45, 7) is 6.46. The molecule has 0 atom stereocenters. The summed E-state index contributed by atoms with van der Waals surface area (Å²) in [6, 6.07) is 26.5. The lowest BCUT2D eigenvalue weighted by atomic mass is 10.0. The predicted octanol–water partition coefficient (Wildman–Crippen LogP) is 8.67. The summed E-state index contributed by atoms with van der Waals surface area (Å²) in [5, 5.41) is 4.38. The number of rotatable bonds is 4. The van der Waals surface area contributed by atoms with Crippen molar-refractivity contribution in [3.05, 3.63) is 106 Å². The van der Waals surface area contributed by atoms with Crippen LogP contribution in [-0.4, -0.2) is 9.55 Å². The Morgan fingerprint density at radius 3 is 2.21 bits per heavy atom. The largest absolute Gasteiger partial charge is 0.354 e. The Morgan fingerprint density at radius 2 is 1.48 bits per heavy atom. The smallest absolute Gasteiger partial charge is 0.145 e. The highest BCUT2D eigenvalue weighted by atomic mass is 35.5. The molecule has 33 heavy (non-hydrogen) atoms. The van der Waals surface area contributed by atoms with Gasteiger partial charge in [0.2, 0.25) is 0 Å². The van der Waals surface area contributed by atoms with Gasteiger partial charge < -0.3 is 5.32 Å². The van der Waals surface area contributed by atoms with Crippen molar-refractivity contribution in [2.24, 2.45) is 0 Å². The van der Waals surface area contributed by atoms with Gasteiger partial charge >= 0.3 is 0 Å². The molecule has 1 N–H and O–H groups in total. The number of halogens is 2. The number of hydrogen-bond donors (Lipinski definition) is 1. The summed E-state index contributed by atoms with van der Waals surface area (Å²) in [6.07, 6.45) is 0. The third-order valence-corrected chi connectivity index (χ3v) is 6.61. The molecule has 0 saturated carbocycles. The van der Waals surface area contributed by atoms with E-state index in [1.807, 2.05) is 30.3 Å². The summed E-state index contributed by atoms with van der Waals surface area (Å²) in [4.78, 5) is 5.01. The monoisotopic (exact) mass is 471 g/mol. The second-order valence-corrected chi connectivity index (χ2v) is 9.10. The average molecular weight is 472 g/mol. The lowest BCUT2D eigenvalue weighted by Crippen LogP contribution is -2.03. The Bertz CT molecular complexity index is 1460. The van der Waals surface area contributed by atoms with Crippen LogP contribution in [-0.2, 0) is 0 Å². The molecule has 3 nitrogen and oxygen atoms in total. The van der Waals surface area contributed by atoms with Gasteiger partial charge in [0.15, 0.2) is 0 Å². The zero-order chi connectivity index (χ0) is 23.1. The lowest BCUT2D eigenvalue weighted by molar-refractivity contribution is 1.06. The first-order valence-electron chi connectivity index (χ1n) is 10.8. The molecular weight excluding hydrogens is 449 g/mol. The molecule has 0 amide bonds. The number of aryl methyl sites for hydroxylation is 3. The summed E-state index contributed by atoms with van der Waals surface area (Å²) in [7, 11) is 0. The van der Waals surface area contributed by atoms with Crippen LogP contribution in [0.5, 0.6) is 0 Å². The molecule has 0 aliphatic carbocycles. The van der Waals surface area contributed by atoms with Crippen LogP contribution < -0.4 is 5.32 Å². The maximum Gasteiger partial charge on any atom is 0.145 e. The fraction of sp³-hybridized carbons (Fsp3) is 0.107. The van der Waals surface area contributed by atoms with Gasteiger partial charge in [-0.15, -0.1) is 0 Å². The highest BCUT2D eigenvalue weighted by Gasteiger charge is 2.17. The normalized spacial score (nSPS) is 11.2. The Balaban J connectivity index is 1.61. The number of imidazole rings is 1. The van der Waals surface area contributed by atoms with E-state index < -0.39 is 0 Å². The van der Waals surface area contributed by atoms with E-state index in [1.165, 1.54) is 22.4 Å². The first-order valence-corrected chi connectivity index (χ1v) is 11.5. The lowest BCUT2D eigenvalue weighted by Gasteiger charge is -2.16. The number of nitrogens with one attached hydrogen (secondary N) is 1. The molecule has 4 aromatic carbocycles. The molecule has 5 aromatic rings. The van der Waals surface area contributed by atoms with Crippen LogP contribution in [0.3, 0.4) is 0 Å². The number of anilines is 2. The number of nitrogens with zero attached hydrogens (tertiary/aromatic N) is 2. The molecule has 164 valence electrons. The second kappa shape index (κ2) is 8.58. The molecule has 0 bridgehead atoms. The Morgan fingerprint density at radius 1 is 0.788 bits per heavy atom. The van der Waals surface area contributed by atoms with Crippen LogP contribution in [0.2, 0.25) is 10.0 Å². The molecule has 0 unspecified atom stereocenters. The van der Waals surface area contributed by atoms with Crippen LogP contribution in [0.4, 0.5) is 11.4 Å². The van der Waals surface area contributed by atoms with E-state index in [2.05, 4.69) is 73.1 Å². The first kappa shape index (κ1) is 21.6.